The van der Waals surface area contributed by atoms with Crippen molar-refractivity contribution < 1.29 is 19.4 Å². The Morgan fingerprint density at radius 1 is 1.38 bits per heavy atom. The van der Waals surface area contributed by atoms with Gasteiger partial charge in [0, 0.05) is 31.5 Å². The molecule has 0 aromatic rings. The van der Waals surface area contributed by atoms with E-state index in [4.69, 9.17) is 9.84 Å². The molecule has 0 heterocycles. The summed E-state index contributed by atoms with van der Waals surface area (Å²) in [7, 11) is 1.70. The fourth-order valence-corrected chi connectivity index (χ4v) is 2.69. The van der Waals surface area contributed by atoms with Crippen LogP contribution in [0.4, 0.5) is 4.79 Å². The molecule has 1 fully saturated rings. The van der Waals surface area contributed by atoms with Crippen LogP contribution in [0.5, 0.6) is 0 Å². The molecule has 0 aromatic carbocycles. The standard InChI is InChI=1S/C15H28N2O4/c1-10(5-6-13(18)19)7-8-16-14(20)17-11-9-12(21-4)15(11,2)3/h10-12H,5-9H2,1-4H3,(H,18,19)(H2,16,17,20). The molecule has 2 amide bonds. The number of aliphatic carboxylic acids is 1. The highest BCUT2D eigenvalue weighted by Crippen LogP contribution is 2.42. The maximum atomic E-state index is 11.8. The maximum absolute atomic E-state index is 11.8. The Bertz CT molecular complexity index is 371. The summed E-state index contributed by atoms with van der Waals surface area (Å²) in [6.07, 6.45) is 2.64. The first kappa shape index (κ1) is 17.8. The summed E-state index contributed by atoms with van der Waals surface area (Å²) in [6, 6.07) is -0.0278. The summed E-state index contributed by atoms with van der Waals surface area (Å²) >= 11 is 0. The minimum Gasteiger partial charge on any atom is -0.481 e. The van der Waals surface area contributed by atoms with E-state index in [-0.39, 0.29) is 30.0 Å². The largest absolute Gasteiger partial charge is 0.481 e. The van der Waals surface area contributed by atoms with Crippen LogP contribution in [0, 0.1) is 11.3 Å². The first-order valence-corrected chi connectivity index (χ1v) is 7.56. The van der Waals surface area contributed by atoms with Gasteiger partial charge in [-0.2, -0.15) is 0 Å². The molecule has 21 heavy (non-hydrogen) atoms. The molecular weight excluding hydrogens is 272 g/mol. The SMILES string of the molecule is COC1CC(NC(=O)NCCC(C)CCC(=O)O)C1(C)C. The average molecular weight is 300 g/mol. The normalized spacial score (nSPS) is 24.8. The highest BCUT2D eigenvalue weighted by molar-refractivity contribution is 5.74. The van der Waals surface area contributed by atoms with Crippen LogP contribution in [0.15, 0.2) is 0 Å². The number of carbonyl (C=O) groups excluding carboxylic acids is 1. The molecule has 3 atom stereocenters. The van der Waals surface area contributed by atoms with Gasteiger partial charge in [-0.15, -0.1) is 0 Å². The lowest BCUT2D eigenvalue weighted by atomic mass is 9.64. The molecule has 0 saturated heterocycles. The van der Waals surface area contributed by atoms with E-state index < -0.39 is 5.97 Å². The third kappa shape index (κ3) is 5.19. The number of carbonyl (C=O) groups is 2. The number of carboxylic acid groups (broad SMARTS) is 1. The molecule has 0 spiro atoms. The highest BCUT2D eigenvalue weighted by Gasteiger charge is 2.49. The molecule has 0 aromatic heterocycles. The molecule has 0 aliphatic heterocycles. The molecule has 1 aliphatic carbocycles. The minimum atomic E-state index is -0.771. The molecule has 6 heteroatoms. The summed E-state index contributed by atoms with van der Waals surface area (Å²) in [5, 5.41) is 14.4. The Balaban J connectivity index is 2.16. The van der Waals surface area contributed by atoms with Crippen molar-refractivity contribution in [2.45, 2.75) is 58.6 Å². The Morgan fingerprint density at radius 2 is 2.05 bits per heavy atom. The zero-order valence-corrected chi connectivity index (χ0v) is 13.4. The second-order valence-corrected chi connectivity index (χ2v) is 6.56. The van der Waals surface area contributed by atoms with Gasteiger partial charge in [0.1, 0.15) is 0 Å². The number of hydrogen-bond acceptors (Lipinski definition) is 3. The monoisotopic (exact) mass is 300 g/mol. The van der Waals surface area contributed by atoms with Gasteiger partial charge in [0.15, 0.2) is 0 Å². The van der Waals surface area contributed by atoms with Gasteiger partial charge >= 0.3 is 12.0 Å². The third-order valence-corrected chi connectivity index (χ3v) is 4.54. The lowest BCUT2D eigenvalue weighted by Crippen LogP contribution is -2.63. The Kier molecular flexibility index (Phi) is 6.45. The van der Waals surface area contributed by atoms with Crippen LogP contribution < -0.4 is 10.6 Å². The van der Waals surface area contributed by atoms with Crippen molar-refractivity contribution in [3.8, 4) is 0 Å². The van der Waals surface area contributed by atoms with Gasteiger partial charge in [0.2, 0.25) is 0 Å². The molecule has 0 radical (unpaired) electrons. The second kappa shape index (κ2) is 7.64. The second-order valence-electron chi connectivity index (χ2n) is 6.56. The number of nitrogens with one attached hydrogen (secondary N) is 2. The van der Waals surface area contributed by atoms with Crippen LogP contribution in [-0.4, -0.2) is 42.9 Å². The van der Waals surface area contributed by atoms with E-state index in [1.54, 1.807) is 7.11 Å². The maximum Gasteiger partial charge on any atom is 0.315 e. The number of hydrogen-bond donors (Lipinski definition) is 3. The van der Waals surface area contributed by atoms with Crippen molar-refractivity contribution in [1.82, 2.24) is 10.6 Å². The van der Waals surface area contributed by atoms with Crippen LogP contribution >= 0.6 is 0 Å². The van der Waals surface area contributed by atoms with Gasteiger partial charge in [0.25, 0.3) is 0 Å². The van der Waals surface area contributed by atoms with E-state index in [0.717, 1.165) is 12.8 Å². The minimum absolute atomic E-state index is 0.0408. The summed E-state index contributed by atoms with van der Waals surface area (Å²) < 4.78 is 5.35. The van der Waals surface area contributed by atoms with E-state index in [9.17, 15) is 9.59 Å². The van der Waals surface area contributed by atoms with Gasteiger partial charge in [-0.1, -0.05) is 20.8 Å². The van der Waals surface area contributed by atoms with E-state index in [1.807, 2.05) is 6.92 Å². The van der Waals surface area contributed by atoms with Crippen molar-refractivity contribution in [2.75, 3.05) is 13.7 Å². The molecule has 3 N–H and O–H groups in total. The van der Waals surface area contributed by atoms with E-state index in [2.05, 4.69) is 24.5 Å². The zero-order valence-electron chi connectivity index (χ0n) is 13.4. The molecule has 1 aliphatic rings. The Hall–Kier alpha value is -1.30. The highest BCUT2D eigenvalue weighted by atomic mass is 16.5. The van der Waals surface area contributed by atoms with Gasteiger partial charge in [0.05, 0.1) is 6.10 Å². The van der Waals surface area contributed by atoms with E-state index >= 15 is 0 Å². The average Bonchev–Trinajstić information content (AvgIpc) is 2.40. The number of methoxy groups -OCH3 is 1. The predicted molar refractivity (Wildman–Crippen MR) is 80.2 cm³/mol. The molecule has 122 valence electrons. The number of ether oxygens (including phenoxy) is 1. The van der Waals surface area contributed by atoms with Crippen LogP contribution in [-0.2, 0) is 9.53 Å². The van der Waals surface area contributed by atoms with Crippen molar-refractivity contribution in [3.05, 3.63) is 0 Å². The number of amides is 2. The summed E-state index contributed by atoms with van der Waals surface area (Å²) in [5.41, 5.74) is -0.0408. The summed E-state index contributed by atoms with van der Waals surface area (Å²) in [4.78, 5) is 22.3. The molecule has 1 rings (SSSR count). The fourth-order valence-electron chi connectivity index (χ4n) is 2.69. The van der Waals surface area contributed by atoms with Crippen molar-refractivity contribution in [3.63, 3.8) is 0 Å². The fraction of sp³-hybridized carbons (Fsp3) is 0.867. The van der Waals surface area contributed by atoms with Gasteiger partial charge in [-0.05, 0) is 25.2 Å². The summed E-state index contributed by atoms with van der Waals surface area (Å²) in [6.45, 7) is 6.74. The van der Waals surface area contributed by atoms with Crippen LogP contribution in [0.2, 0.25) is 0 Å². The number of urea groups is 1. The molecule has 3 unspecified atom stereocenters. The van der Waals surface area contributed by atoms with Crippen molar-refractivity contribution >= 4 is 12.0 Å². The first-order valence-electron chi connectivity index (χ1n) is 7.56. The molecule has 0 bridgehead atoms. The topological polar surface area (TPSA) is 87.7 Å². The number of carboxylic acids is 1. The van der Waals surface area contributed by atoms with Crippen LogP contribution in [0.25, 0.3) is 0 Å². The van der Waals surface area contributed by atoms with E-state index in [0.29, 0.717) is 18.9 Å². The van der Waals surface area contributed by atoms with Gasteiger partial charge in [-0.3, -0.25) is 4.79 Å². The van der Waals surface area contributed by atoms with Crippen LogP contribution in [0.3, 0.4) is 0 Å². The lowest BCUT2D eigenvalue weighted by Gasteiger charge is -2.51. The predicted octanol–water partition coefficient (Wildman–Crippen LogP) is 1.99. The quantitative estimate of drug-likeness (QED) is 0.639. The first-order chi connectivity index (χ1) is 9.77. The van der Waals surface area contributed by atoms with Crippen LogP contribution in [0.1, 0.15) is 46.5 Å². The Labute approximate surface area is 126 Å². The zero-order chi connectivity index (χ0) is 16.0. The molecule has 1 saturated carbocycles. The van der Waals surface area contributed by atoms with Gasteiger partial charge < -0.3 is 20.5 Å². The smallest absolute Gasteiger partial charge is 0.315 e. The van der Waals surface area contributed by atoms with E-state index in [1.165, 1.54) is 0 Å². The van der Waals surface area contributed by atoms with Crippen molar-refractivity contribution in [2.24, 2.45) is 11.3 Å². The molecule has 6 nitrogen and oxygen atoms in total. The summed E-state index contributed by atoms with van der Waals surface area (Å²) in [5.74, 6) is -0.480. The van der Waals surface area contributed by atoms with Gasteiger partial charge in [-0.25, -0.2) is 4.79 Å². The number of rotatable bonds is 8. The molecular formula is C15H28N2O4. The Morgan fingerprint density at radius 3 is 2.57 bits per heavy atom. The lowest BCUT2D eigenvalue weighted by molar-refractivity contribution is -0.137. The third-order valence-electron chi connectivity index (χ3n) is 4.54. The van der Waals surface area contributed by atoms with Crippen molar-refractivity contribution in [1.29, 1.82) is 0 Å².